The molecule has 3 amide bonds. The Labute approximate surface area is 119 Å². The van der Waals surface area contributed by atoms with Gasteiger partial charge in [-0.05, 0) is 24.7 Å². The number of hydrogen-bond acceptors (Lipinski definition) is 3. The van der Waals surface area contributed by atoms with E-state index in [2.05, 4.69) is 12.2 Å². The minimum Gasteiger partial charge on any atom is -0.481 e. The van der Waals surface area contributed by atoms with Crippen LogP contribution in [0, 0.1) is 11.8 Å². The Morgan fingerprint density at radius 2 is 2.05 bits per heavy atom. The average molecular weight is 284 g/mol. The van der Waals surface area contributed by atoms with Crippen molar-refractivity contribution >= 4 is 17.9 Å². The van der Waals surface area contributed by atoms with Crippen LogP contribution >= 0.6 is 0 Å². The van der Waals surface area contributed by atoms with Gasteiger partial charge in [-0.2, -0.15) is 0 Å². The molecular weight excluding hydrogens is 260 g/mol. The van der Waals surface area contributed by atoms with Crippen molar-refractivity contribution in [1.29, 1.82) is 0 Å². The topological polar surface area (TPSA) is 86.7 Å². The van der Waals surface area contributed by atoms with E-state index in [9.17, 15) is 14.4 Å². The predicted molar refractivity (Wildman–Crippen MR) is 74.2 cm³/mol. The second-order valence-corrected chi connectivity index (χ2v) is 5.62. The van der Waals surface area contributed by atoms with Gasteiger partial charge < -0.3 is 10.0 Å². The van der Waals surface area contributed by atoms with E-state index in [1.54, 1.807) is 11.8 Å². The van der Waals surface area contributed by atoms with Gasteiger partial charge in [-0.15, -0.1) is 0 Å². The third-order valence-corrected chi connectivity index (χ3v) is 3.69. The molecule has 1 rings (SSSR count). The van der Waals surface area contributed by atoms with Crippen LogP contribution in [0.3, 0.4) is 0 Å². The van der Waals surface area contributed by atoms with Crippen LogP contribution in [-0.4, -0.2) is 41.0 Å². The zero-order valence-electron chi connectivity index (χ0n) is 12.2. The van der Waals surface area contributed by atoms with Crippen LogP contribution in [-0.2, 0) is 9.59 Å². The van der Waals surface area contributed by atoms with E-state index in [1.165, 1.54) is 0 Å². The summed E-state index contributed by atoms with van der Waals surface area (Å²) in [6.07, 6.45) is 3.12. The maximum Gasteiger partial charge on any atom is 0.324 e. The van der Waals surface area contributed by atoms with Gasteiger partial charge in [-0.3, -0.25) is 14.9 Å². The third-order valence-electron chi connectivity index (χ3n) is 3.69. The smallest absolute Gasteiger partial charge is 0.324 e. The number of imide groups is 1. The van der Waals surface area contributed by atoms with Gasteiger partial charge in [-0.1, -0.05) is 20.3 Å². The Kier molecular flexibility index (Phi) is 6.48. The molecule has 1 heterocycles. The molecule has 0 spiro atoms. The van der Waals surface area contributed by atoms with Crippen molar-refractivity contribution in [1.82, 2.24) is 10.2 Å². The van der Waals surface area contributed by atoms with Gasteiger partial charge in [0, 0.05) is 25.9 Å². The fourth-order valence-electron chi connectivity index (χ4n) is 2.52. The first-order valence-corrected chi connectivity index (χ1v) is 7.22. The first kappa shape index (κ1) is 16.5. The van der Waals surface area contributed by atoms with E-state index in [-0.39, 0.29) is 24.8 Å². The number of amides is 3. The normalized spacial score (nSPS) is 20.3. The summed E-state index contributed by atoms with van der Waals surface area (Å²) in [5, 5.41) is 11.0. The monoisotopic (exact) mass is 284 g/mol. The first-order chi connectivity index (χ1) is 9.42. The molecular formula is C14H24N2O4. The van der Waals surface area contributed by atoms with Crippen molar-refractivity contribution in [2.24, 2.45) is 11.8 Å². The van der Waals surface area contributed by atoms with E-state index in [0.29, 0.717) is 19.0 Å². The van der Waals surface area contributed by atoms with Crippen LogP contribution in [0.2, 0.25) is 0 Å². The maximum atomic E-state index is 12.0. The molecule has 0 aromatic rings. The highest BCUT2D eigenvalue weighted by Gasteiger charge is 2.24. The lowest BCUT2D eigenvalue weighted by atomic mass is 9.96. The molecule has 114 valence electrons. The Bertz CT molecular complexity index is 370. The van der Waals surface area contributed by atoms with Gasteiger partial charge in [0.15, 0.2) is 0 Å². The lowest BCUT2D eigenvalue weighted by Crippen LogP contribution is -2.47. The lowest BCUT2D eigenvalue weighted by molar-refractivity contribution is -0.138. The van der Waals surface area contributed by atoms with Crippen molar-refractivity contribution in [3.8, 4) is 0 Å². The van der Waals surface area contributed by atoms with Crippen LogP contribution in [0.1, 0.15) is 46.0 Å². The number of aliphatic carboxylic acids is 1. The second-order valence-electron chi connectivity index (χ2n) is 5.62. The fourth-order valence-corrected chi connectivity index (χ4v) is 2.52. The Balaban J connectivity index is 2.37. The summed E-state index contributed by atoms with van der Waals surface area (Å²) in [5.41, 5.74) is 0. The fraction of sp³-hybridized carbons (Fsp3) is 0.786. The van der Waals surface area contributed by atoms with Crippen LogP contribution in [0.15, 0.2) is 0 Å². The van der Waals surface area contributed by atoms with E-state index in [1.807, 2.05) is 0 Å². The van der Waals surface area contributed by atoms with Crippen molar-refractivity contribution in [3.63, 3.8) is 0 Å². The Hall–Kier alpha value is -1.59. The molecule has 20 heavy (non-hydrogen) atoms. The number of nitrogens with one attached hydrogen (secondary N) is 1. The third kappa shape index (κ3) is 5.59. The molecule has 2 atom stereocenters. The minimum absolute atomic E-state index is 0.0586. The zero-order valence-corrected chi connectivity index (χ0v) is 12.2. The zero-order chi connectivity index (χ0) is 15.1. The highest BCUT2D eigenvalue weighted by atomic mass is 16.4. The van der Waals surface area contributed by atoms with Crippen LogP contribution in [0.25, 0.3) is 0 Å². The molecule has 1 fully saturated rings. The number of carbonyl (C=O) groups excluding carboxylic acids is 2. The van der Waals surface area contributed by atoms with Gasteiger partial charge >= 0.3 is 12.0 Å². The number of likely N-dealkylation sites (tertiary alicyclic amines) is 1. The van der Waals surface area contributed by atoms with E-state index >= 15 is 0 Å². The number of urea groups is 1. The number of carboxylic acids is 1. The largest absolute Gasteiger partial charge is 0.481 e. The van der Waals surface area contributed by atoms with Gasteiger partial charge in [-0.25, -0.2) is 4.79 Å². The van der Waals surface area contributed by atoms with Gasteiger partial charge in [0.25, 0.3) is 0 Å². The number of carboxylic acid groups (broad SMARTS) is 1. The summed E-state index contributed by atoms with van der Waals surface area (Å²) in [5.74, 6) is -1.10. The molecule has 0 saturated carbocycles. The lowest BCUT2D eigenvalue weighted by Gasteiger charge is -2.32. The average Bonchev–Trinajstić information content (AvgIpc) is 2.37. The molecule has 0 radical (unpaired) electrons. The first-order valence-electron chi connectivity index (χ1n) is 7.22. The summed E-state index contributed by atoms with van der Waals surface area (Å²) >= 11 is 0. The molecule has 2 unspecified atom stereocenters. The molecule has 6 heteroatoms. The predicted octanol–water partition coefficient (Wildman–Crippen LogP) is 1.85. The standard InChI is InChI=1S/C14H24N2O4/c1-3-11-5-4-6-16(9-11)14(20)15-12(17)7-10(2)8-13(18)19/h10-11H,3-9H2,1-2H3,(H,18,19)(H,15,17,20). The van der Waals surface area contributed by atoms with E-state index < -0.39 is 11.9 Å². The molecule has 1 aliphatic rings. The van der Waals surface area contributed by atoms with Gasteiger partial charge in [0.05, 0.1) is 0 Å². The van der Waals surface area contributed by atoms with Crippen molar-refractivity contribution in [2.45, 2.75) is 46.0 Å². The van der Waals surface area contributed by atoms with Crippen molar-refractivity contribution < 1.29 is 19.5 Å². The van der Waals surface area contributed by atoms with E-state index in [4.69, 9.17) is 5.11 Å². The molecule has 6 nitrogen and oxygen atoms in total. The number of hydrogen-bond donors (Lipinski definition) is 2. The molecule has 1 aliphatic heterocycles. The Morgan fingerprint density at radius 3 is 2.65 bits per heavy atom. The number of nitrogens with zero attached hydrogens (tertiary/aromatic N) is 1. The van der Waals surface area contributed by atoms with Crippen LogP contribution < -0.4 is 5.32 Å². The highest BCUT2D eigenvalue weighted by molar-refractivity contribution is 5.94. The van der Waals surface area contributed by atoms with Gasteiger partial charge in [0.2, 0.25) is 5.91 Å². The number of carbonyl (C=O) groups is 3. The van der Waals surface area contributed by atoms with Crippen molar-refractivity contribution in [2.75, 3.05) is 13.1 Å². The number of rotatable bonds is 5. The molecule has 0 aliphatic carbocycles. The van der Waals surface area contributed by atoms with Crippen LogP contribution in [0.4, 0.5) is 4.79 Å². The quantitative estimate of drug-likeness (QED) is 0.806. The molecule has 0 bridgehead atoms. The summed E-state index contributed by atoms with van der Waals surface area (Å²) in [7, 11) is 0. The second kappa shape index (κ2) is 7.87. The molecule has 1 saturated heterocycles. The number of piperidine rings is 1. The van der Waals surface area contributed by atoms with E-state index in [0.717, 1.165) is 19.3 Å². The summed E-state index contributed by atoms with van der Waals surface area (Å²) < 4.78 is 0. The summed E-state index contributed by atoms with van der Waals surface area (Å²) in [6.45, 7) is 5.16. The SMILES string of the molecule is CCC1CCCN(C(=O)NC(=O)CC(C)CC(=O)O)C1. The maximum absolute atomic E-state index is 12.0. The summed E-state index contributed by atoms with van der Waals surface area (Å²) in [4.78, 5) is 35.8. The summed E-state index contributed by atoms with van der Waals surface area (Å²) in [6, 6.07) is -0.351. The Morgan fingerprint density at radius 1 is 1.35 bits per heavy atom. The molecule has 0 aromatic heterocycles. The minimum atomic E-state index is -0.932. The highest BCUT2D eigenvalue weighted by Crippen LogP contribution is 2.19. The van der Waals surface area contributed by atoms with Crippen molar-refractivity contribution in [3.05, 3.63) is 0 Å². The molecule has 0 aromatic carbocycles. The van der Waals surface area contributed by atoms with Gasteiger partial charge in [0.1, 0.15) is 0 Å². The van der Waals surface area contributed by atoms with Crippen LogP contribution in [0.5, 0.6) is 0 Å². The molecule has 2 N–H and O–H groups in total.